The predicted octanol–water partition coefficient (Wildman–Crippen LogP) is 12.2. The average molecular weight is 934 g/mol. The Bertz CT molecular complexity index is 5250. The van der Waals surface area contributed by atoms with E-state index in [0.717, 1.165) is 9.13 Å². The molecule has 10 aromatic carbocycles. The Kier molecular flexibility index (Phi) is 5.30. The smallest absolute Gasteiger partial charge is 0.240 e. The zero-order valence-electron chi connectivity index (χ0n) is 59.2. The first-order valence-corrected chi connectivity index (χ1v) is 23.9. The number of aromatic nitrogens is 6. The van der Waals surface area contributed by atoms with Crippen molar-refractivity contribution < 1.29 is 31.5 Å². The molecule has 0 fully saturated rings. The first kappa shape index (κ1) is 23.2. The van der Waals surface area contributed by atoms with Crippen LogP contribution >= 0.6 is 0 Å². The van der Waals surface area contributed by atoms with E-state index in [0.29, 0.717) is 15.6 Å². The standard InChI is InChI=1S/C63H42N6Si/c1-4-22-43(23-5-1)70(44-24-6-2-7-25-44,45-26-8-3-9-27-45)46-40-41-52-51-32-10-16-34-54(51)67(60(52)42-46)59-39-21-15-33-53(59)61-64-62(68-55-35-17-11-28-47(55)48-29-12-18-36-56(48)68)66-63(65-61)69-57-37-19-13-30-49(57)50-31-14-20-38-58(50)69/h1-42H/i10D,11D,12D,13D,14D,16D,17D,18D,19D,20D,28D,29D,30D,31D,32D,34D,35D,36D,37D,38D,40D,41D,42D. The highest BCUT2D eigenvalue weighted by atomic mass is 28.3. The minimum atomic E-state index is -4.00. The van der Waals surface area contributed by atoms with E-state index in [1.165, 1.54) is 22.8 Å². The monoisotopic (exact) mass is 933 g/mol. The van der Waals surface area contributed by atoms with Gasteiger partial charge >= 0.3 is 0 Å². The molecule has 0 aliphatic carbocycles. The number of rotatable bonds is 8. The van der Waals surface area contributed by atoms with Crippen LogP contribution in [0.2, 0.25) is 0 Å². The van der Waals surface area contributed by atoms with Crippen LogP contribution in [0.3, 0.4) is 0 Å². The number of fused-ring (bicyclic) bond motifs is 9. The topological polar surface area (TPSA) is 53.5 Å². The second-order valence-electron chi connectivity index (χ2n) is 16.2. The zero-order chi connectivity index (χ0) is 66.2. The third-order valence-corrected chi connectivity index (χ3v) is 17.2. The highest BCUT2D eigenvalue weighted by Gasteiger charge is 2.41. The van der Waals surface area contributed by atoms with Gasteiger partial charge in [0.2, 0.25) is 11.9 Å². The van der Waals surface area contributed by atoms with Crippen LogP contribution in [0.5, 0.6) is 0 Å². The summed E-state index contributed by atoms with van der Waals surface area (Å²) in [6, 6.07) is 17.6. The summed E-state index contributed by atoms with van der Waals surface area (Å²) in [5.74, 6) is -1.88. The average Bonchev–Trinajstić information content (AvgIpc) is 1.61. The first-order valence-electron chi connectivity index (χ1n) is 33.4. The van der Waals surface area contributed by atoms with E-state index in [1.54, 1.807) is 6.07 Å². The molecule has 0 aliphatic rings. The summed E-state index contributed by atoms with van der Waals surface area (Å²) >= 11 is 0. The Morgan fingerprint density at radius 2 is 0.671 bits per heavy atom. The van der Waals surface area contributed by atoms with E-state index >= 15 is 0 Å². The van der Waals surface area contributed by atoms with Crippen LogP contribution in [-0.4, -0.2) is 36.7 Å². The van der Waals surface area contributed by atoms with Crippen LogP contribution in [0.4, 0.5) is 0 Å². The van der Waals surface area contributed by atoms with E-state index in [4.69, 9.17) is 27.3 Å². The molecule has 0 spiro atoms. The maximum absolute atomic E-state index is 10.9. The zero-order valence-corrected chi connectivity index (χ0v) is 37.2. The van der Waals surface area contributed by atoms with Crippen molar-refractivity contribution in [1.82, 2.24) is 28.7 Å². The molecule has 0 bridgehead atoms. The summed E-state index contributed by atoms with van der Waals surface area (Å²) in [5, 5.41) is 0.193. The van der Waals surface area contributed by atoms with Gasteiger partial charge in [-0.15, -0.1) is 0 Å². The largest absolute Gasteiger partial charge is 0.309 e. The minimum absolute atomic E-state index is 0.0780. The summed E-state index contributed by atoms with van der Waals surface area (Å²) in [4.78, 5) is 14.8. The summed E-state index contributed by atoms with van der Waals surface area (Å²) in [5.41, 5.74) is -2.56. The molecule has 4 aromatic heterocycles. The molecule has 14 aromatic rings. The second-order valence-corrected chi connectivity index (χ2v) is 20.0. The molecular weight excluding hydrogens is 869 g/mol. The lowest BCUT2D eigenvalue weighted by atomic mass is 10.1. The van der Waals surface area contributed by atoms with Crippen LogP contribution in [-0.2, 0) is 0 Å². The van der Waals surface area contributed by atoms with Crippen molar-refractivity contribution in [2.24, 2.45) is 0 Å². The number of hydrogen-bond acceptors (Lipinski definition) is 3. The lowest BCUT2D eigenvalue weighted by molar-refractivity contribution is 0.892. The number of benzene rings is 10. The normalized spacial score (nSPS) is 16.6. The van der Waals surface area contributed by atoms with Gasteiger partial charge in [0.1, 0.15) is 0 Å². The summed E-state index contributed by atoms with van der Waals surface area (Å²) in [6.07, 6.45) is 0. The van der Waals surface area contributed by atoms with Gasteiger partial charge in [-0.3, -0.25) is 9.13 Å². The Balaban J connectivity index is 1.21. The summed E-state index contributed by atoms with van der Waals surface area (Å²) in [7, 11) is -4.00. The highest BCUT2D eigenvalue weighted by Crippen LogP contribution is 2.38. The van der Waals surface area contributed by atoms with Crippen molar-refractivity contribution in [3.63, 3.8) is 0 Å². The number of nitrogens with zero attached hydrogens (tertiary/aromatic N) is 6. The molecule has 0 amide bonds. The molecule has 0 saturated carbocycles. The van der Waals surface area contributed by atoms with E-state index in [9.17, 15) is 19.2 Å². The van der Waals surface area contributed by atoms with Crippen molar-refractivity contribution in [1.29, 1.82) is 0 Å². The fourth-order valence-electron chi connectivity index (χ4n) is 9.71. The van der Waals surface area contributed by atoms with Crippen LogP contribution < -0.4 is 20.7 Å². The van der Waals surface area contributed by atoms with Crippen LogP contribution in [0, 0.1) is 0 Å². The van der Waals surface area contributed by atoms with Gasteiger partial charge in [-0.25, -0.2) is 0 Å². The van der Waals surface area contributed by atoms with Crippen molar-refractivity contribution in [2.75, 3.05) is 0 Å². The van der Waals surface area contributed by atoms with Gasteiger partial charge in [0.05, 0.1) is 70.3 Å². The molecule has 0 N–H and O–H groups in total. The molecule has 0 radical (unpaired) electrons. The fraction of sp³-hybridized carbons (Fsp3) is 0. The molecule has 0 unspecified atom stereocenters. The Hall–Kier alpha value is -9.17. The van der Waals surface area contributed by atoms with Crippen LogP contribution in [0.15, 0.2) is 254 Å². The van der Waals surface area contributed by atoms with E-state index < -0.39 is 202 Å². The maximum atomic E-state index is 10.9. The first-order chi connectivity index (χ1) is 44.3. The van der Waals surface area contributed by atoms with Crippen LogP contribution in [0.1, 0.15) is 31.5 Å². The lowest BCUT2D eigenvalue weighted by Gasteiger charge is -2.34. The minimum Gasteiger partial charge on any atom is -0.309 e. The van der Waals surface area contributed by atoms with E-state index in [-0.39, 0.29) is 44.3 Å². The van der Waals surface area contributed by atoms with E-state index in [2.05, 4.69) is 0 Å². The van der Waals surface area contributed by atoms with E-state index in [1.807, 2.05) is 91.0 Å². The Morgan fingerprint density at radius 1 is 0.314 bits per heavy atom. The molecule has 7 heteroatoms. The third-order valence-electron chi connectivity index (χ3n) is 12.6. The predicted molar refractivity (Wildman–Crippen MR) is 292 cm³/mol. The fourth-order valence-corrected chi connectivity index (χ4v) is 14.2. The maximum Gasteiger partial charge on any atom is 0.240 e. The molecule has 70 heavy (non-hydrogen) atoms. The van der Waals surface area contributed by atoms with Gasteiger partial charge in [0.15, 0.2) is 13.9 Å². The van der Waals surface area contributed by atoms with Gasteiger partial charge in [0, 0.05) is 37.9 Å². The van der Waals surface area contributed by atoms with Gasteiger partial charge in [-0.1, -0.05) is 206 Å². The molecule has 328 valence electrons. The number of hydrogen-bond donors (Lipinski definition) is 0. The summed E-state index contributed by atoms with van der Waals surface area (Å²) < 4.78 is 218. The molecular formula is C63H42N6Si. The van der Waals surface area contributed by atoms with Gasteiger partial charge in [0.25, 0.3) is 0 Å². The lowest BCUT2D eigenvalue weighted by Crippen LogP contribution is -2.74. The van der Waals surface area contributed by atoms with Crippen molar-refractivity contribution in [2.45, 2.75) is 0 Å². The Labute approximate surface area is 437 Å². The van der Waals surface area contributed by atoms with Crippen molar-refractivity contribution in [3.05, 3.63) is 254 Å². The summed E-state index contributed by atoms with van der Waals surface area (Å²) in [6.45, 7) is 0. The SMILES string of the molecule is [2H]c1c([2H])c([2H])c2c(c1[2H])c1c([2H])c([2H])c([2H])c([2H])c1n2-c1nc(-c2ccccc2-n2c3c([2H])c([2H])c([2H])c([2H])c3c3c([2H])c([2H])c([Si](c4ccccc4)(c4ccccc4)c4ccccc4)c([2H])c32)nc(-n2c3c([2H])c([2H])c([2H])c([2H])c3c3c([2H])c([2H])c([2H])c([2H])c32)n1. The third kappa shape index (κ3) is 5.95. The molecule has 4 heterocycles. The second kappa shape index (κ2) is 16.0. The quantitative estimate of drug-likeness (QED) is 0.113. The van der Waals surface area contributed by atoms with Gasteiger partial charge < -0.3 is 4.57 Å². The molecule has 0 saturated heterocycles. The molecule has 0 aliphatic heterocycles. The molecule has 14 rings (SSSR count). The van der Waals surface area contributed by atoms with Crippen LogP contribution in [0.25, 0.3) is 94.4 Å². The van der Waals surface area contributed by atoms with Crippen molar-refractivity contribution in [3.8, 4) is 29.0 Å². The molecule has 0 atom stereocenters. The number of para-hydroxylation sites is 6. The van der Waals surface area contributed by atoms with Gasteiger partial charge in [-0.05, 0) is 69.1 Å². The Morgan fingerprint density at radius 3 is 1.10 bits per heavy atom. The highest BCUT2D eigenvalue weighted by molar-refractivity contribution is 7.20. The van der Waals surface area contributed by atoms with Crippen molar-refractivity contribution >= 4 is 94.2 Å². The van der Waals surface area contributed by atoms with Gasteiger partial charge in [-0.2, -0.15) is 15.0 Å². The molecule has 6 nitrogen and oxygen atoms in total.